The monoisotopic (exact) mass is 381 g/mol. The first kappa shape index (κ1) is 17.8. The van der Waals surface area contributed by atoms with Crippen LogP contribution in [0.25, 0.3) is 5.57 Å². The molecule has 1 atom stereocenters. The van der Waals surface area contributed by atoms with Gasteiger partial charge in [-0.2, -0.15) is 0 Å². The molecule has 0 aliphatic carbocycles. The molecule has 2 heterocycles. The average molecular weight is 382 g/mol. The third kappa shape index (κ3) is 2.94. The van der Waals surface area contributed by atoms with Crippen LogP contribution in [0.15, 0.2) is 48.5 Å². The first-order valence-electron chi connectivity index (χ1n) is 9.06. The SMILES string of the molecule is CCOC(=O)c1ccc2c(c1)C(c1ccc(Cl)cc1)=CC1(C)CCC(=O)N21. The van der Waals surface area contributed by atoms with Crippen LogP contribution in [0.3, 0.4) is 0 Å². The quantitative estimate of drug-likeness (QED) is 0.714. The van der Waals surface area contributed by atoms with Crippen molar-refractivity contribution in [1.29, 1.82) is 0 Å². The fourth-order valence-corrected chi connectivity index (χ4v) is 4.09. The van der Waals surface area contributed by atoms with Crippen molar-refractivity contribution in [2.75, 3.05) is 11.5 Å². The summed E-state index contributed by atoms with van der Waals surface area (Å²) in [6, 6.07) is 13.0. The van der Waals surface area contributed by atoms with Gasteiger partial charge in [-0.25, -0.2) is 4.79 Å². The largest absolute Gasteiger partial charge is 0.462 e. The van der Waals surface area contributed by atoms with Crippen LogP contribution in [0.2, 0.25) is 5.02 Å². The Hall–Kier alpha value is -2.59. The second-order valence-corrected chi connectivity index (χ2v) is 7.54. The Bertz CT molecular complexity index is 964. The number of ether oxygens (including phenoxy) is 1. The van der Waals surface area contributed by atoms with Gasteiger partial charge in [0.15, 0.2) is 0 Å². The number of rotatable bonds is 3. The van der Waals surface area contributed by atoms with E-state index in [1.54, 1.807) is 13.0 Å². The lowest BCUT2D eigenvalue weighted by Crippen LogP contribution is -2.44. The van der Waals surface area contributed by atoms with E-state index in [-0.39, 0.29) is 17.4 Å². The number of hydrogen-bond acceptors (Lipinski definition) is 3. The van der Waals surface area contributed by atoms with Crippen LogP contribution in [0, 0.1) is 0 Å². The maximum Gasteiger partial charge on any atom is 0.338 e. The molecule has 0 saturated carbocycles. The lowest BCUT2D eigenvalue weighted by atomic mass is 9.83. The standard InChI is InChI=1S/C22H20ClNO3/c1-3-27-21(26)15-6-9-19-17(12-15)18(14-4-7-16(23)8-5-14)13-22(2)11-10-20(25)24(19)22/h4-9,12-13H,3,10-11H2,1-2H3. The summed E-state index contributed by atoms with van der Waals surface area (Å²) in [7, 11) is 0. The van der Waals surface area contributed by atoms with Crippen LogP contribution >= 0.6 is 11.6 Å². The fraction of sp³-hybridized carbons (Fsp3) is 0.273. The predicted molar refractivity (Wildman–Crippen MR) is 106 cm³/mol. The smallest absolute Gasteiger partial charge is 0.338 e. The molecule has 0 radical (unpaired) electrons. The number of anilines is 1. The van der Waals surface area contributed by atoms with Crippen molar-refractivity contribution in [3.05, 3.63) is 70.3 Å². The first-order valence-corrected chi connectivity index (χ1v) is 9.44. The highest BCUT2D eigenvalue weighted by molar-refractivity contribution is 6.30. The highest BCUT2D eigenvalue weighted by atomic mass is 35.5. The van der Waals surface area contributed by atoms with E-state index < -0.39 is 0 Å². The third-order valence-electron chi connectivity index (χ3n) is 5.25. The molecule has 2 aliphatic heterocycles. The molecule has 27 heavy (non-hydrogen) atoms. The van der Waals surface area contributed by atoms with E-state index in [1.165, 1.54) is 0 Å². The lowest BCUT2D eigenvalue weighted by Gasteiger charge is -2.39. The molecule has 2 aliphatic rings. The Labute approximate surface area is 163 Å². The zero-order chi connectivity index (χ0) is 19.2. The average Bonchev–Trinajstić information content (AvgIpc) is 2.96. The van der Waals surface area contributed by atoms with Gasteiger partial charge >= 0.3 is 5.97 Å². The molecule has 0 bridgehead atoms. The molecule has 2 aromatic rings. The van der Waals surface area contributed by atoms with E-state index in [2.05, 4.69) is 13.0 Å². The van der Waals surface area contributed by atoms with Crippen molar-refractivity contribution in [2.24, 2.45) is 0 Å². The Morgan fingerprint density at radius 3 is 2.67 bits per heavy atom. The minimum atomic E-state index is -0.371. The summed E-state index contributed by atoms with van der Waals surface area (Å²) >= 11 is 6.05. The maximum absolute atomic E-state index is 12.6. The minimum Gasteiger partial charge on any atom is -0.462 e. The van der Waals surface area contributed by atoms with Crippen LogP contribution in [0.1, 0.15) is 48.2 Å². The maximum atomic E-state index is 12.6. The van der Waals surface area contributed by atoms with Gasteiger partial charge in [0.25, 0.3) is 0 Å². The third-order valence-corrected chi connectivity index (χ3v) is 5.51. The number of fused-ring (bicyclic) bond motifs is 3. The van der Waals surface area contributed by atoms with Crippen molar-refractivity contribution in [3.63, 3.8) is 0 Å². The van der Waals surface area contributed by atoms with E-state index in [4.69, 9.17) is 16.3 Å². The number of nitrogens with zero attached hydrogens (tertiary/aromatic N) is 1. The molecular formula is C22H20ClNO3. The highest BCUT2D eigenvalue weighted by Gasteiger charge is 2.45. The topological polar surface area (TPSA) is 46.6 Å². The van der Waals surface area contributed by atoms with E-state index in [1.807, 2.05) is 41.3 Å². The summed E-state index contributed by atoms with van der Waals surface area (Å²) in [4.78, 5) is 26.7. The van der Waals surface area contributed by atoms with Gasteiger partial charge in [-0.15, -0.1) is 0 Å². The van der Waals surface area contributed by atoms with Crippen LogP contribution in [0.5, 0.6) is 0 Å². The molecular weight excluding hydrogens is 362 g/mol. The Kier molecular flexibility index (Phi) is 4.31. The molecule has 5 heteroatoms. The van der Waals surface area contributed by atoms with E-state index in [9.17, 15) is 9.59 Å². The van der Waals surface area contributed by atoms with Crippen molar-refractivity contribution < 1.29 is 14.3 Å². The summed E-state index contributed by atoms with van der Waals surface area (Å²) in [5.41, 5.74) is 3.80. The molecule has 0 N–H and O–H groups in total. The van der Waals surface area contributed by atoms with Crippen LogP contribution < -0.4 is 4.90 Å². The number of halogens is 1. The van der Waals surface area contributed by atoms with Gasteiger partial charge in [0.2, 0.25) is 5.91 Å². The molecule has 1 fully saturated rings. The van der Waals surface area contributed by atoms with Gasteiger partial charge < -0.3 is 9.64 Å². The number of hydrogen-bond donors (Lipinski definition) is 0. The van der Waals surface area contributed by atoms with Crippen molar-refractivity contribution in [3.8, 4) is 0 Å². The summed E-state index contributed by atoms with van der Waals surface area (Å²) in [6.07, 6.45) is 3.42. The van der Waals surface area contributed by atoms with E-state index in [0.29, 0.717) is 23.6 Å². The molecule has 1 unspecified atom stereocenters. The summed E-state index contributed by atoms with van der Waals surface area (Å²) in [5, 5.41) is 0.666. The molecule has 0 aromatic heterocycles. The summed E-state index contributed by atoms with van der Waals surface area (Å²) < 4.78 is 5.15. The zero-order valence-electron chi connectivity index (χ0n) is 15.3. The van der Waals surface area contributed by atoms with Crippen LogP contribution in [-0.4, -0.2) is 24.0 Å². The molecule has 2 aromatic carbocycles. The number of esters is 1. The van der Waals surface area contributed by atoms with Crippen molar-refractivity contribution >= 4 is 34.7 Å². The van der Waals surface area contributed by atoms with Crippen molar-refractivity contribution in [1.82, 2.24) is 0 Å². The molecule has 4 rings (SSSR count). The Morgan fingerprint density at radius 2 is 1.96 bits per heavy atom. The van der Waals surface area contributed by atoms with Gasteiger partial charge in [0.05, 0.1) is 23.4 Å². The van der Waals surface area contributed by atoms with Gasteiger partial charge in [0, 0.05) is 17.0 Å². The van der Waals surface area contributed by atoms with Crippen LogP contribution in [-0.2, 0) is 9.53 Å². The van der Waals surface area contributed by atoms with Gasteiger partial charge in [-0.1, -0.05) is 29.8 Å². The normalized spacial score (nSPS) is 20.8. The minimum absolute atomic E-state index is 0.106. The summed E-state index contributed by atoms with van der Waals surface area (Å²) in [5.74, 6) is -0.258. The first-order chi connectivity index (χ1) is 12.9. The van der Waals surface area contributed by atoms with Crippen molar-refractivity contribution in [2.45, 2.75) is 32.2 Å². The van der Waals surface area contributed by atoms with Gasteiger partial charge in [0.1, 0.15) is 0 Å². The van der Waals surface area contributed by atoms with E-state index in [0.717, 1.165) is 28.8 Å². The fourth-order valence-electron chi connectivity index (χ4n) is 3.96. The molecule has 4 nitrogen and oxygen atoms in total. The zero-order valence-corrected chi connectivity index (χ0v) is 16.0. The predicted octanol–water partition coefficient (Wildman–Crippen LogP) is 4.85. The molecule has 1 amide bonds. The number of carbonyl (C=O) groups is 2. The number of carbonyl (C=O) groups excluding carboxylic acids is 2. The van der Waals surface area contributed by atoms with Gasteiger partial charge in [-0.05, 0) is 61.7 Å². The second kappa shape index (κ2) is 6.54. The molecule has 0 spiro atoms. The molecule has 138 valence electrons. The molecule has 1 saturated heterocycles. The second-order valence-electron chi connectivity index (χ2n) is 7.10. The van der Waals surface area contributed by atoms with E-state index >= 15 is 0 Å². The number of amides is 1. The Balaban J connectivity index is 1.91. The Morgan fingerprint density at radius 1 is 1.22 bits per heavy atom. The summed E-state index contributed by atoms with van der Waals surface area (Å²) in [6.45, 7) is 4.18. The lowest BCUT2D eigenvalue weighted by molar-refractivity contribution is -0.117. The van der Waals surface area contributed by atoms with Gasteiger partial charge in [-0.3, -0.25) is 4.79 Å². The highest BCUT2D eigenvalue weighted by Crippen LogP contribution is 2.47. The number of benzene rings is 2. The van der Waals surface area contributed by atoms with Crippen LogP contribution in [0.4, 0.5) is 5.69 Å².